The van der Waals surface area contributed by atoms with Crippen molar-refractivity contribution < 1.29 is 0 Å². The summed E-state index contributed by atoms with van der Waals surface area (Å²) in [5.74, 6) is 0.447. The topological polar surface area (TPSA) is 97.1 Å². The fourth-order valence-corrected chi connectivity index (χ4v) is 3.92. The largest absolute Gasteiger partial charge is 0.329 e. The van der Waals surface area contributed by atoms with E-state index < -0.39 is 11.2 Å². The molecule has 0 bridgehead atoms. The van der Waals surface area contributed by atoms with E-state index in [1.54, 1.807) is 13.3 Å². The lowest BCUT2D eigenvalue weighted by molar-refractivity contribution is 0.549. The molecule has 0 saturated carbocycles. The van der Waals surface area contributed by atoms with Gasteiger partial charge in [-0.25, -0.2) is 10.2 Å². The van der Waals surface area contributed by atoms with E-state index in [9.17, 15) is 9.59 Å². The minimum Gasteiger partial charge on any atom is -0.303 e. The average molecular weight is 503 g/mol. The van der Waals surface area contributed by atoms with Gasteiger partial charge in [0.1, 0.15) is 0 Å². The van der Waals surface area contributed by atoms with E-state index in [0.717, 1.165) is 22.9 Å². The lowest BCUT2D eigenvalue weighted by Gasteiger charge is -2.08. The van der Waals surface area contributed by atoms with Crippen LogP contribution in [-0.2, 0) is 13.6 Å². The Morgan fingerprint density at radius 1 is 1.06 bits per heavy atom. The molecular formula is C23H31BrN6O2. The van der Waals surface area contributed by atoms with E-state index in [2.05, 4.69) is 43.3 Å². The van der Waals surface area contributed by atoms with Crippen LogP contribution >= 0.6 is 15.9 Å². The number of halogens is 1. The summed E-state index contributed by atoms with van der Waals surface area (Å²) in [6.45, 7) is 2.85. The highest BCUT2D eigenvalue weighted by molar-refractivity contribution is 9.10. The molecule has 32 heavy (non-hydrogen) atoms. The van der Waals surface area contributed by atoms with Gasteiger partial charge in [-0.2, -0.15) is 10.1 Å². The number of H-pyrrole nitrogens is 1. The summed E-state index contributed by atoms with van der Waals surface area (Å²) in [5.41, 5.74) is 3.70. The molecular weight excluding hydrogens is 472 g/mol. The first kappa shape index (κ1) is 24.0. The van der Waals surface area contributed by atoms with Gasteiger partial charge < -0.3 is 4.57 Å². The second-order valence-electron chi connectivity index (χ2n) is 7.97. The Labute approximate surface area is 195 Å². The van der Waals surface area contributed by atoms with Crippen LogP contribution in [0.2, 0.25) is 0 Å². The molecule has 0 radical (unpaired) electrons. The second-order valence-corrected chi connectivity index (χ2v) is 8.89. The normalized spacial score (nSPS) is 11.6. The van der Waals surface area contributed by atoms with Gasteiger partial charge in [0, 0.05) is 18.1 Å². The van der Waals surface area contributed by atoms with Crippen molar-refractivity contribution in [3.8, 4) is 0 Å². The molecule has 1 aromatic carbocycles. The highest BCUT2D eigenvalue weighted by Crippen LogP contribution is 2.18. The molecule has 2 aromatic heterocycles. The molecule has 9 heteroatoms. The highest BCUT2D eigenvalue weighted by Gasteiger charge is 2.16. The van der Waals surface area contributed by atoms with Gasteiger partial charge in [-0.15, -0.1) is 0 Å². The molecule has 2 N–H and O–H groups in total. The molecule has 2 heterocycles. The van der Waals surface area contributed by atoms with Gasteiger partial charge in [0.15, 0.2) is 11.2 Å². The molecule has 0 fully saturated rings. The van der Waals surface area contributed by atoms with Crippen LogP contribution in [0.15, 0.2) is 43.4 Å². The monoisotopic (exact) mass is 502 g/mol. The van der Waals surface area contributed by atoms with Crippen molar-refractivity contribution in [2.75, 3.05) is 5.43 Å². The number of aromatic nitrogens is 4. The number of aryl methyl sites for hydroxylation is 2. The fourth-order valence-electron chi connectivity index (χ4n) is 3.65. The number of imidazole rings is 1. The number of benzene rings is 1. The van der Waals surface area contributed by atoms with Crippen LogP contribution in [0.3, 0.4) is 0 Å². The van der Waals surface area contributed by atoms with Crippen LogP contribution in [0, 0.1) is 0 Å². The zero-order chi connectivity index (χ0) is 22.9. The van der Waals surface area contributed by atoms with Gasteiger partial charge in [-0.1, -0.05) is 79.9 Å². The average Bonchev–Trinajstić information content (AvgIpc) is 3.14. The van der Waals surface area contributed by atoms with Gasteiger partial charge in [0.2, 0.25) is 5.95 Å². The van der Waals surface area contributed by atoms with E-state index in [1.807, 2.05) is 28.8 Å². The Kier molecular flexibility index (Phi) is 8.84. The maximum atomic E-state index is 12.5. The highest BCUT2D eigenvalue weighted by atomic mass is 79.9. The van der Waals surface area contributed by atoms with E-state index in [-0.39, 0.29) is 0 Å². The molecule has 172 valence electrons. The van der Waals surface area contributed by atoms with E-state index >= 15 is 0 Å². The third kappa shape index (κ3) is 6.18. The quantitative estimate of drug-likeness (QED) is 0.211. The van der Waals surface area contributed by atoms with Gasteiger partial charge in [0.25, 0.3) is 5.56 Å². The number of fused-ring (bicyclic) bond motifs is 1. The third-order valence-corrected chi connectivity index (χ3v) is 6.02. The van der Waals surface area contributed by atoms with Crippen molar-refractivity contribution in [2.45, 2.75) is 64.8 Å². The van der Waals surface area contributed by atoms with Crippen molar-refractivity contribution in [3.05, 3.63) is 55.1 Å². The molecule has 0 spiro atoms. The standard InChI is InChI=1S/C23H31BrN6O2/c1-3-4-5-6-7-8-9-10-15-30-19-20(29(2)23(32)27-21(19)31)26-22(30)28-25-16-17-11-13-18(24)14-12-17/h11-14,16H,3-10,15H2,1-2H3,(H,26,28)(H,27,31,32). The van der Waals surface area contributed by atoms with Gasteiger partial charge in [-0.05, 0) is 24.1 Å². The van der Waals surface area contributed by atoms with E-state index in [0.29, 0.717) is 23.7 Å². The molecule has 3 aromatic rings. The lowest BCUT2D eigenvalue weighted by atomic mass is 10.1. The number of anilines is 1. The number of nitrogens with one attached hydrogen (secondary N) is 2. The summed E-state index contributed by atoms with van der Waals surface area (Å²) >= 11 is 3.42. The molecule has 8 nitrogen and oxygen atoms in total. The number of hydrogen-bond donors (Lipinski definition) is 2. The molecule has 0 atom stereocenters. The maximum absolute atomic E-state index is 12.5. The molecule has 3 rings (SSSR count). The van der Waals surface area contributed by atoms with Crippen molar-refractivity contribution >= 4 is 39.3 Å². The lowest BCUT2D eigenvalue weighted by Crippen LogP contribution is -2.29. The van der Waals surface area contributed by atoms with Crippen LogP contribution in [-0.4, -0.2) is 25.3 Å². The Morgan fingerprint density at radius 2 is 1.72 bits per heavy atom. The predicted molar refractivity (Wildman–Crippen MR) is 134 cm³/mol. The van der Waals surface area contributed by atoms with Gasteiger partial charge in [-0.3, -0.25) is 14.3 Å². The Bertz CT molecular complexity index is 1160. The smallest absolute Gasteiger partial charge is 0.303 e. The van der Waals surface area contributed by atoms with E-state index in [1.165, 1.54) is 43.1 Å². The molecule has 0 aliphatic heterocycles. The van der Waals surface area contributed by atoms with Crippen LogP contribution in [0.25, 0.3) is 11.2 Å². The van der Waals surface area contributed by atoms with Crippen LogP contribution < -0.4 is 16.7 Å². The van der Waals surface area contributed by atoms with Crippen molar-refractivity contribution in [1.82, 2.24) is 19.1 Å². The number of hydrazone groups is 1. The zero-order valence-electron chi connectivity index (χ0n) is 18.7. The first-order valence-corrected chi connectivity index (χ1v) is 12.0. The maximum Gasteiger partial charge on any atom is 0.329 e. The predicted octanol–water partition coefficient (Wildman–Crippen LogP) is 4.77. The van der Waals surface area contributed by atoms with Crippen molar-refractivity contribution in [2.24, 2.45) is 12.1 Å². The summed E-state index contributed by atoms with van der Waals surface area (Å²) < 4.78 is 4.17. The van der Waals surface area contributed by atoms with Crippen LogP contribution in [0.4, 0.5) is 5.95 Å². The first-order valence-electron chi connectivity index (χ1n) is 11.3. The van der Waals surface area contributed by atoms with Gasteiger partial charge >= 0.3 is 5.69 Å². The Hall–Kier alpha value is -2.68. The molecule has 0 aliphatic rings. The Balaban J connectivity index is 1.74. The number of rotatable bonds is 12. The minimum atomic E-state index is -0.482. The van der Waals surface area contributed by atoms with Crippen LogP contribution in [0.5, 0.6) is 0 Å². The summed E-state index contributed by atoms with van der Waals surface area (Å²) in [5, 5.41) is 4.29. The zero-order valence-corrected chi connectivity index (χ0v) is 20.3. The Morgan fingerprint density at radius 3 is 2.41 bits per heavy atom. The number of hydrogen-bond acceptors (Lipinski definition) is 5. The number of nitrogens with zero attached hydrogens (tertiary/aromatic N) is 4. The number of aromatic amines is 1. The molecule has 0 saturated heterocycles. The third-order valence-electron chi connectivity index (χ3n) is 5.49. The minimum absolute atomic E-state index is 0.347. The summed E-state index contributed by atoms with van der Waals surface area (Å²) in [6, 6.07) is 7.75. The van der Waals surface area contributed by atoms with E-state index in [4.69, 9.17) is 0 Å². The van der Waals surface area contributed by atoms with Gasteiger partial charge in [0.05, 0.1) is 6.21 Å². The summed E-state index contributed by atoms with van der Waals surface area (Å²) in [4.78, 5) is 31.4. The molecule has 0 unspecified atom stereocenters. The molecule has 0 aliphatic carbocycles. The first-order chi connectivity index (χ1) is 15.5. The van der Waals surface area contributed by atoms with Crippen LogP contribution in [0.1, 0.15) is 63.9 Å². The second kappa shape index (κ2) is 11.8. The summed E-state index contributed by atoms with van der Waals surface area (Å²) in [7, 11) is 1.60. The number of unbranched alkanes of at least 4 members (excludes halogenated alkanes) is 7. The SMILES string of the molecule is CCCCCCCCCCn1c(NN=Cc2ccc(Br)cc2)nc2c1c(=O)[nH]c(=O)n2C. The summed E-state index contributed by atoms with van der Waals surface area (Å²) in [6.07, 6.45) is 11.2. The van der Waals surface area contributed by atoms with Crippen molar-refractivity contribution in [3.63, 3.8) is 0 Å². The fraction of sp³-hybridized carbons (Fsp3) is 0.478. The van der Waals surface area contributed by atoms with Crippen molar-refractivity contribution in [1.29, 1.82) is 0 Å². The molecule has 0 amide bonds.